The lowest BCUT2D eigenvalue weighted by Crippen LogP contribution is -1.91. The molecule has 0 amide bonds. The molecule has 0 N–H and O–H groups in total. The van der Waals surface area contributed by atoms with Gasteiger partial charge in [0.05, 0.1) is 0 Å². The molecule has 0 unspecified atom stereocenters. The molecule has 47 heavy (non-hydrogen) atoms. The summed E-state index contributed by atoms with van der Waals surface area (Å²) in [4.78, 5) is 0. The summed E-state index contributed by atoms with van der Waals surface area (Å²) in [7, 11) is 0. The Kier molecular flexibility index (Phi) is 5.85. The summed E-state index contributed by atoms with van der Waals surface area (Å²) in [6.45, 7) is 0. The molecular weight excluding hydrogens is 585 g/mol. The van der Waals surface area contributed by atoms with Crippen molar-refractivity contribution in [1.29, 1.82) is 0 Å². The second-order valence-corrected chi connectivity index (χ2v) is 13.5. The van der Waals surface area contributed by atoms with E-state index < -0.39 is 0 Å². The third-order valence-corrected chi connectivity index (χ3v) is 11.0. The van der Waals surface area contributed by atoms with Gasteiger partial charge in [0, 0.05) is 25.6 Å². The van der Waals surface area contributed by atoms with Gasteiger partial charge >= 0.3 is 0 Å². The molecule has 10 aromatic rings. The second kappa shape index (κ2) is 10.4. The number of rotatable bonds is 3. The standard InChI is InChI=1S/C46H28S/c1-2-11-30(12-3-1)44-36-17-6-8-19-38(36)45(39-20-9-7-18-37(39)44)35-16-10-15-31(25-35)34-22-21-29-23-24-40-42-27-32-13-4-5-14-33(32)28-43(42)47-46(40)41(29)26-34/h1-28H. The summed E-state index contributed by atoms with van der Waals surface area (Å²) < 4.78 is 2.70. The fraction of sp³-hybridized carbons (Fsp3) is 0. The summed E-state index contributed by atoms with van der Waals surface area (Å²) in [5, 5.41) is 13.0. The highest BCUT2D eigenvalue weighted by Crippen LogP contribution is 2.45. The number of hydrogen-bond donors (Lipinski definition) is 0. The van der Waals surface area contributed by atoms with Crippen molar-refractivity contribution in [3.05, 3.63) is 170 Å². The summed E-state index contributed by atoms with van der Waals surface area (Å²) in [5.74, 6) is 0. The summed E-state index contributed by atoms with van der Waals surface area (Å²) in [6.07, 6.45) is 0. The van der Waals surface area contributed by atoms with Crippen molar-refractivity contribution in [1.82, 2.24) is 0 Å². The van der Waals surface area contributed by atoms with Gasteiger partial charge in [0.2, 0.25) is 0 Å². The number of thiophene rings is 1. The van der Waals surface area contributed by atoms with Gasteiger partial charge in [-0.05, 0) is 95.3 Å². The Morgan fingerprint density at radius 2 is 0.830 bits per heavy atom. The average Bonchev–Trinajstić information content (AvgIpc) is 3.51. The van der Waals surface area contributed by atoms with Crippen LogP contribution in [0.15, 0.2) is 170 Å². The number of benzene rings is 9. The van der Waals surface area contributed by atoms with E-state index in [1.54, 1.807) is 0 Å². The van der Waals surface area contributed by atoms with Gasteiger partial charge in [0.1, 0.15) is 0 Å². The van der Waals surface area contributed by atoms with E-state index in [1.165, 1.54) is 96.6 Å². The van der Waals surface area contributed by atoms with Crippen LogP contribution in [0.5, 0.6) is 0 Å². The maximum Gasteiger partial charge on any atom is 0.0434 e. The summed E-state index contributed by atoms with van der Waals surface area (Å²) >= 11 is 1.91. The minimum atomic E-state index is 1.23. The lowest BCUT2D eigenvalue weighted by Gasteiger charge is -2.18. The van der Waals surface area contributed by atoms with Crippen molar-refractivity contribution in [3.63, 3.8) is 0 Å². The zero-order valence-electron chi connectivity index (χ0n) is 25.6. The molecule has 0 bridgehead atoms. The molecular formula is C46H28S. The number of fused-ring (bicyclic) bond motifs is 8. The van der Waals surface area contributed by atoms with E-state index in [0.717, 1.165) is 0 Å². The Morgan fingerprint density at radius 3 is 1.55 bits per heavy atom. The quantitative estimate of drug-likeness (QED) is 0.174. The maximum absolute atomic E-state index is 2.40. The lowest BCUT2D eigenvalue weighted by atomic mass is 9.85. The maximum atomic E-state index is 2.40. The third kappa shape index (κ3) is 4.14. The molecule has 10 rings (SSSR count). The molecule has 0 radical (unpaired) electrons. The Bertz CT molecular complexity index is 2780. The van der Waals surface area contributed by atoms with Gasteiger partial charge in [-0.1, -0.05) is 146 Å². The molecule has 1 aromatic heterocycles. The monoisotopic (exact) mass is 612 g/mol. The van der Waals surface area contributed by atoms with Crippen LogP contribution in [-0.4, -0.2) is 0 Å². The lowest BCUT2D eigenvalue weighted by molar-refractivity contribution is 1.63. The smallest absolute Gasteiger partial charge is 0.0434 e. The van der Waals surface area contributed by atoms with Gasteiger partial charge in [-0.2, -0.15) is 0 Å². The normalized spacial score (nSPS) is 11.8. The van der Waals surface area contributed by atoms with Crippen LogP contribution in [0.25, 0.3) is 96.6 Å². The number of hydrogen-bond acceptors (Lipinski definition) is 1. The van der Waals surface area contributed by atoms with E-state index in [1.807, 2.05) is 11.3 Å². The second-order valence-electron chi connectivity index (χ2n) is 12.5. The van der Waals surface area contributed by atoms with Crippen molar-refractivity contribution in [2.75, 3.05) is 0 Å². The molecule has 0 saturated carbocycles. The van der Waals surface area contributed by atoms with Gasteiger partial charge in [-0.3, -0.25) is 0 Å². The first-order chi connectivity index (χ1) is 23.3. The molecule has 0 aliphatic carbocycles. The minimum absolute atomic E-state index is 1.23. The van der Waals surface area contributed by atoms with Crippen LogP contribution in [-0.2, 0) is 0 Å². The van der Waals surface area contributed by atoms with Crippen molar-refractivity contribution in [2.45, 2.75) is 0 Å². The molecule has 0 spiro atoms. The Hall–Kier alpha value is -5.76. The molecule has 0 aliphatic heterocycles. The first kappa shape index (κ1) is 26.5. The van der Waals surface area contributed by atoms with Gasteiger partial charge in [0.25, 0.3) is 0 Å². The van der Waals surface area contributed by atoms with E-state index >= 15 is 0 Å². The van der Waals surface area contributed by atoms with E-state index in [0.29, 0.717) is 0 Å². The first-order valence-corrected chi connectivity index (χ1v) is 17.0. The molecule has 218 valence electrons. The summed E-state index contributed by atoms with van der Waals surface area (Å²) in [5.41, 5.74) is 7.54. The Morgan fingerprint density at radius 1 is 0.277 bits per heavy atom. The van der Waals surface area contributed by atoms with Gasteiger partial charge < -0.3 is 0 Å². The largest absolute Gasteiger partial charge is 0.135 e. The fourth-order valence-corrected chi connectivity index (χ4v) is 8.89. The minimum Gasteiger partial charge on any atom is -0.135 e. The average molecular weight is 613 g/mol. The highest BCUT2D eigenvalue weighted by atomic mass is 32.1. The highest BCUT2D eigenvalue weighted by molar-refractivity contribution is 7.26. The van der Waals surface area contributed by atoms with Crippen LogP contribution in [0.1, 0.15) is 0 Å². The molecule has 0 aliphatic rings. The third-order valence-electron chi connectivity index (χ3n) is 9.80. The zero-order valence-corrected chi connectivity index (χ0v) is 26.4. The van der Waals surface area contributed by atoms with Crippen LogP contribution in [0.3, 0.4) is 0 Å². The molecule has 0 saturated heterocycles. The van der Waals surface area contributed by atoms with Gasteiger partial charge in [-0.25, -0.2) is 0 Å². The molecule has 1 heterocycles. The predicted molar refractivity (Wildman–Crippen MR) is 206 cm³/mol. The van der Waals surface area contributed by atoms with Gasteiger partial charge in [0.15, 0.2) is 0 Å². The van der Waals surface area contributed by atoms with Crippen molar-refractivity contribution >= 4 is 74.6 Å². The molecule has 9 aromatic carbocycles. The molecule has 0 fully saturated rings. The van der Waals surface area contributed by atoms with Crippen LogP contribution >= 0.6 is 11.3 Å². The molecule has 0 nitrogen and oxygen atoms in total. The van der Waals surface area contributed by atoms with E-state index in [-0.39, 0.29) is 0 Å². The topological polar surface area (TPSA) is 0 Å². The van der Waals surface area contributed by atoms with Crippen LogP contribution < -0.4 is 0 Å². The SMILES string of the molecule is c1ccc(-c2c3ccccc3c(-c3cccc(-c4ccc5ccc6c7cc8ccccc8cc7sc6c5c4)c3)c3ccccc23)cc1. The van der Waals surface area contributed by atoms with Crippen LogP contribution in [0.4, 0.5) is 0 Å². The summed E-state index contributed by atoms with van der Waals surface area (Å²) in [6, 6.07) is 62.7. The first-order valence-electron chi connectivity index (χ1n) is 16.2. The van der Waals surface area contributed by atoms with Crippen molar-refractivity contribution in [3.8, 4) is 33.4 Å². The van der Waals surface area contributed by atoms with Crippen molar-refractivity contribution < 1.29 is 0 Å². The predicted octanol–water partition coefficient (Wildman–Crippen LogP) is 13.7. The molecule has 0 atom stereocenters. The molecule has 1 heteroatoms. The Labute approximate surface area is 276 Å². The highest BCUT2D eigenvalue weighted by Gasteiger charge is 2.17. The van der Waals surface area contributed by atoms with E-state index in [9.17, 15) is 0 Å². The van der Waals surface area contributed by atoms with E-state index in [4.69, 9.17) is 0 Å². The van der Waals surface area contributed by atoms with E-state index in [2.05, 4.69) is 170 Å². The Balaban J connectivity index is 1.18. The van der Waals surface area contributed by atoms with Crippen LogP contribution in [0.2, 0.25) is 0 Å². The zero-order chi connectivity index (χ0) is 30.9. The fourth-order valence-electron chi connectivity index (χ4n) is 7.63. The van der Waals surface area contributed by atoms with Gasteiger partial charge in [-0.15, -0.1) is 11.3 Å². The van der Waals surface area contributed by atoms with Crippen molar-refractivity contribution in [2.24, 2.45) is 0 Å². The van der Waals surface area contributed by atoms with Crippen LogP contribution in [0, 0.1) is 0 Å².